The highest BCUT2D eigenvalue weighted by molar-refractivity contribution is 6.42. The molecule has 2 rings (SSSR count). The quantitative estimate of drug-likeness (QED) is 0.849. The summed E-state index contributed by atoms with van der Waals surface area (Å²) in [4.78, 5) is 11.7. The molecular formula is C13H11Cl2N3O. The van der Waals surface area contributed by atoms with Crippen molar-refractivity contribution in [3.63, 3.8) is 0 Å². The second-order valence-electron chi connectivity index (χ2n) is 3.92. The van der Waals surface area contributed by atoms with Gasteiger partial charge >= 0.3 is 0 Å². The van der Waals surface area contributed by atoms with E-state index in [1.54, 1.807) is 30.5 Å². The smallest absolute Gasteiger partial charge is 0.249 e. The van der Waals surface area contributed by atoms with Crippen LogP contribution in [0.25, 0.3) is 6.08 Å². The van der Waals surface area contributed by atoms with E-state index >= 15 is 0 Å². The van der Waals surface area contributed by atoms with Crippen molar-refractivity contribution in [2.24, 2.45) is 0 Å². The summed E-state index contributed by atoms with van der Waals surface area (Å²) in [6.07, 6.45) is 4.71. The Bertz CT molecular complexity index is 635. The van der Waals surface area contributed by atoms with Gasteiger partial charge in [0.15, 0.2) is 0 Å². The summed E-state index contributed by atoms with van der Waals surface area (Å²) in [6.45, 7) is 1.85. The zero-order valence-corrected chi connectivity index (χ0v) is 11.6. The molecule has 0 unspecified atom stereocenters. The monoisotopic (exact) mass is 295 g/mol. The maximum atomic E-state index is 11.7. The third-order valence-corrected chi connectivity index (χ3v) is 3.19. The van der Waals surface area contributed by atoms with Crippen molar-refractivity contribution < 1.29 is 4.79 Å². The molecule has 1 amide bonds. The zero-order chi connectivity index (χ0) is 13.8. The number of aryl methyl sites for hydroxylation is 1. The standard InChI is InChI=1S/C13H11Cl2N3O/c1-8-7-16-18-13(8)17-12(19)5-3-9-2-4-10(14)11(15)6-9/h2-7H,1H3,(H2,16,17,18,19)/b5-3+. The molecule has 6 heteroatoms. The third kappa shape index (κ3) is 3.59. The number of carbonyl (C=O) groups excluding carboxylic acids is 1. The first-order valence-electron chi connectivity index (χ1n) is 5.50. The maximum absolute atomic E-state index is 11.7. The Morgan fingerprint density at radius 3 is 2.79 bits per heavy atom. The number of hydrogen-bond donors (Lipinski definition) is 2. The Hall–Kier alpha value is -1.78. The molecule has 4 nitrogen and oxygen atoms in total. The Labute approximate surface area is 120 Å². The summed E-state index contributed by atoms with van der Waals surface area (Å²) in [5, 5.41) is 10.1. The van der Waals surface area contributed by atoms with Crippen LogP contribution < -0.4 is 5.32 Å². The molecule has 0 spiro atoms. The molecule has 2 aromatic rings. The Morgan fingerprint density at radius 2 is 2.16 bits per heavy atom. The number of halogens is 2. The van der Waals surface area contributed by atoms with Gasteiger partial charge in [-0.25, -0.2) is 0 Å². The van der Waals surface area contributed by atoms with Crippen LogP contribution in [0.15, 0.2) is 30.5 Å². The molecule has 0 radical (unpaired) electrons. The number of H-pyrrole nitrogens is 1. The van der Waals surface area contributed by atoms with Crippen LogP contribution in [0.4, 0.5) is 5.82 Å². The number of nitrogens with zero attached hydrogens (tertiary/aromatic N) is 1. The van der Waals surface area contributed by atoms with Crippen molar-refractivity contribution in [2.75, 3.05) is 5.32 Å². The van der Waals surface area contributed by atoms with Gasteiger partial charge in [0.1, 0.15) is 5.82 Å². The van der Waals surface area contributed by atoms with Crippen LogP contribution >= 0.6 is 23.2 Å². The van der Waals surface area contributed by atoms with Crippen LogP contribution in [-0.2, 0) is 4.79 Å². The number of hydrogen-bond acceptors (Lipinski definition) is 2. The molecule has 0 fully saturated rings. The van der Waals surface area contributed by atoms with Gasteiger partial charge in [0.05, 0.1) is 16.2 Å². The lowest BCUT2D eigenvalue weighted by Gasteiger charge is -2.00. The highest BCUT2D eigenvalue weighted by Crippen LogP contribution is 2.23. The minimum Gasteiger partial charge on any atom is -0.307 e. The largest absolute Gasteiger partial charge is 0.307 e. The first kappa shape index (κ1) is 13.6. The lowest BCUT2D eigenvalue weighted by molar-refractivity contribution is -0.111. The summed E-state index contributed by atoms with van der Waals surface area (Å²) in [6, 6.07) is 5.15. The minimum absolute atomic E-state index is 0.251. The van der Waals surface area contributed by atoms with Gasteiger partial charge in [-0.3, -0.25) is 9.89 Å². The normalized spacial score (nSPS) is 10.9. The molecule has 0 bridgehead atoms. The molecule has 0 aliphatic rings. The molecule has 19 heavy (non-hydrogen) atoms. The lowest BCUT2D eigenvalue weighted by Crippen LogP contribution is -2.08. The van der Waals surface area contributed by atoms with Crippen LogP contribution in [0.1, 0.15) is 11.1 Å². The van der Waals surface area contributed by atoms with E-state index in [1.165, 1.54) is 6.08 Å². The summed E-state index contributed by atoms with van der Waals surface area (Å²) < 4.78 is 0. The van der Waals surface area contributed by atoms with Gasteiger partial charge in [-0.15, -0.1) is 0 Å². The molecule has 0 saturated carbocycles. The second kappa shape index (κ2) is 5.91. The van der Waals surface area contributed by atoms with Crippen molar-refractivity contribution in [1.29, 1.82) is 0 Å². The number of nitrogens with one attached hydrogen (secondary N) is 2. The number of amides is 1. The van der Waals surface area contributed by atoms with E-state index in [1.807, 2.05) is 6.92 Å². The van der Waals surface area contributed by atoms with Crippen molar-refractivity contribution in [3.05, 3.63) is 51.6 Å². The number of benzene rings is 1. The van der Waals surface area contributed by atoms with Crippen molar-refractivity contribution >= 4 is 41.0 Å². The number of anilines is 1. The molecule has 0 aliphatic carbocycles. The molecule has 98 valence electrons. The van der Waals surface area contributed by atoms with Crippen LogP contribution in [0.3, 0.4) is 0 Å². The fourth-order valence-corrected chi connectivity index (χ4v) is 1.73. The van der Waals surface area contributed by atoms with Crippen LogP contribution in [0, 0.1) is 6.92 Å². The first-order chi connectivity index (χ1) is 9.06. The molecule has 1 heterocycles. The van der Waals surface area contributed by atoms with Crippen LogP contribution in [0.5, 0.6) is 0 Å². The third-order valence-electron chi connectivity index (χ3n) is 2.45. The van der Waals surface area contributed by atoms with E-state index in [9.17, 15) is 4.79 Å². The molecule has 1 aromatic carbocycles. The summed E-state index contributed by atoms with van der Waals surface area (Å²) in [5.74, 6) is 0.335. The number of carbonyl (C=O) groups is 1. The van der Waals surface area contributed by atoms with Gasteiger partial charge < -0.3 is 5.32 Å². The Balaban J connectivity index is 2.04. The van der Waals surface area contributed by atoms with Gasteiger partial charge in [-0.2, -0.15) is 5.10 Å². The fraction of sp³-hybridized carbons (Fsp3) is 0.0769. The van der Waals surface area contributed by atoms with Gasteiger partial charge in [-0.05, 0) is 30.7 Å². The van der Waals surface area contributed by atoms with E-state index in [4.69, 9.17) is 23.2 Å². The molecular weight excluding hydrogens is 285 g/mol. The number of aromatic nitrogens is 2. The zero-order valence-electron chi connectivity index (χ0n) is 10.1. The molecule has 0 atom stereocenters. The highest BCUT2D eigenvalue weighted by Gasteiger charge is 2.03. The predicted molar refractivity (Wildman–Crippen MR) is 77.5 cm³/mol. The molecule has 2 N–H and O–H groups in total. The minimum atomic E-state index is -0.251. The summed E-state index contributed by atoms with van der Waals surface area (Å²) in [7, 11) is 0. The fourth-order valence-electron chi connectivity index (χ4n) is 1.43. The topological polar surface area (TPSA) is 57.8 Å². The van der Waals surface area contributed by atoms with E-state index in [0.717, 1.165) is 11.1 Å². The number of rotatable bonds is 3. The van der Waals surface area contributed by atoms with Gasteiger partial charge in [-0.1, -0.05) is 29.3 Å². The molecule has 0 saturated heterocycles. The average molecular weight is 296 g/mol. The van der Waals surface area contributed by atoms with Crippen LogP contribution in [-0.4, -0.2) is 16.1 Å². The van der Waals surface area contributed by atoms with Gasteiger partial charge in [0.2, 0.25) is 5.91 Å². The van der Waals surface area contributed by atoms with Crippen molar-refractivity contribution in [1.82, 2.24) is 10.2 Å². The van der Waals surface area contributed by atoms with Crippen LogP contribution in [0.2, 0.25) is 10.0 Å². The first-order valence-corrected chi connectivity index (χ1v) is 6.26. The second-order valence-corrected chi connectivity index (χ2v) is 4.74. The van der Waals surface area contributed by atoms with Crippen molar-refractivity contribution in [2.45, 2.75) is 6.92 Å². The van der Waals surface area contributed by atoms with Crippen molar-refractivity contribution in [3.8, 4) is 0 Å². The summed E-state index contributed by atoms with van der Waals surface area (Å²) in [5.41, 5.74) is 1.67. The average Bonchev–Trinajstić information content (AvgIpc) is 2.77. The molecule has 1 aromatic heterocycles. The van der Waals surface area contributed by atoms with Gasteiger partial charge in [0.25, 0.3) is 0 Å². The lowest BCUT2D eigenvalue weighted by atomic mass is 10.2. The predicted octanol–water partition coefficient (Wildman–Crippen LogP) is 3.68. The highest BCUT2D eigenvalue weighted by atomic mass is 35.5. The molecule has 0 aliphatic heterocycles. The van der Waals surface area contributed by atoms with Gasteiger partial charge in [0, 0.05) is 11.6 Å². The maximum Gasteiger partial charge on any atom is 0.249 e. The number of aromatic amines is 1. The SMILES string of the molecule is Cc1cn[nH]c1NC(=O)/C=C/c1ccc(Cl)c(Cl)c1. The van der Waals surface area contributed by atoms with E-state index in [2.05, 4.69) is 15.5 Å². The van der Waals surface area contributed by atoms with E-state index in [0.29, 0.717) is 15.9 Å². The van der Waals surface area contributed by atoms with E-state index in [-0.39, 0.29) is 5.91 Å². The Kier molecular flexibility index (Phi) is 4.24. The van der Waals surface area contributed by atoms with E-state index < -0.39 is 0 Å². The Morgan fingerprint density at radius 1 is 1.37 bits per heavy atom. The summed E-state index contributed by atoms with van der Waals surface area (Å²) >= 11 is 11.7.